The molecule has 0 aliphatic rings. The molecule has 18 heavy (non-hydrogen) atoms. The summed E-state index contributed by atoms with van der Waals surface area (Å²) >= 11 is 2.65. The van der Waals surface area contributed by atoms with Crippen LogP contribution in [0.15, 0.2) is 10.5 Å². The van der Waals surface area contributed by atoms with Gasteiger partial charge in [-0.25, -0.2) is 13.2 Å². The Morgan fingerprint density at radius 3 is 2.56 bits per heavy atom. The standard InChI is InChI=1S/C9H4BrF3N4O/c10-2-1-3(11)4(6(13)5(2)12)7-8(9(14)18)16-17-15-7/h1H,(H2,14,18)(H,15,16,17). The first-order valence-corrected chi connectivity index (χ1v) is 5.26. The van der Waals surface area contributed by atoms with E-state index in [1.54, 1.807) is 0 Å². The highest BCUT2D eigenvalue weighted by atomic mass is 79.9. The van der Waals surface area contributed by atoms with E-state index in [1.807, 2.05) is 5.21 Å². The molecule has 2 rings (SSSR count). The Kier molecular flexibility index (Phi) is 3.07. The van der Waals surface area contributed by atoms with Gasteiger partial charge in [0, 0.05) is 0 Å². The molecule has 0 atom stereocenters. The minimum atomic E-state index is -1.49. The molecule has 0 radical (unpaired) electrons. The second-order valence-electron chi connectivity index (χ2n) is 3.23. The summed E-state index contributed by atoms with van der Waals surface area (Å²) in [6, 6.07) is 0.715. The van der Waals surface area contributed by atoms with Crippen molar-refractivity contribution in [2.75, 3.05) is 0 Å². The lowest BCUT2D eigenvalue weighted by atomic mass is 10.1. The molecule has 94 valence electrons. The summed E-state index contributed by atoms with van der Waals surface area (Å²) in [5, 5.41) is 8.75. The van der Waals surface area contributed by atoms with E-state index in [-0.39, 0.29) is 4.47 Å². The number of halogens is 4. The largest absolute Gasteiger partial charge is 0.364 e. The van der Waals surface area contributed by atoms with Crippen molar-refractivity contribution < 1.29 is 18.0 Å². The topological polar surface area (TPSA) is 84.7 Å². The Labute approximate surface area is 106 Å². The highest BCUT2D eigenvalue weighted by Gasteiger charge is 2.25. The highest BCUT2D eigenvalue weighted by molar-refractivity contribution is 9.10. The van der Waals surface area contributed by atoms with Gasteiger partial charge >= 0.3 is 0 Å². The lowest BCUT2D eigenvalue weighted by Gasteiger charge is -2.05. The van der Waals surface area contributed by atoms with Crippen molar-refractivity contribution in [1.82, 2.24) is 15.4 Å². The second kappa shape index (κ2) is 4.41. The summed E-state index contributed by atoms with van der Waals surface area (Å²) in [5.41, 5.74) is 3.19. The summed E-state index contributed by atoms with van der Waals surface area (Å²) in [5.74, 6) is -4.93. The van der Waals surface area contributed by atoms with Crippen LogP contribution in [0.2, 0.25) is 0 Å². The van der Waals surface area contributed by atoms with Crippen LogP contribution in [-0.2, 0) is 0 Å². The predicted molar refractivity (Wildman–Crippen MR) is 57.9 cm³/mol. The van der Waals surface area contributed by atoms with E-state index in [9.17, 15) is 18.0 Å². The third-order valence-electron chi connectivity index (χ3n) is 2.13. The quantitative estimate of drug-likeness (QED) is 0.653. The number of nitrogens with zero attached hydrogens (tertiary/aromatic N) is 2. The maximum absolute atomic E-state index is 13.7. The number of carbonyl (C=O) groups is 1. The van der Waals surface area contributed by atoms with Crippen molar-refractivity contribution in [3.05, 3.63) is 33.7 Å². The molecule has 3 N–H and O–H groups in total. The molecule has 0 bridgehead atoms. The molecular weight excluding hydrogens is 317 g/mol. The molecule has 1 aromatic heterocycles. The number of aromatic amines is 1. The van der Waals surface area contributed by atoms with Crippen LogP contribution in [-0.4, -0.2) is 21.3 Å². The highest BCUT2D eigenvalue weighted by Crippen LogP contribution is 2.31. The Bertz CT molecular complexity index is 643. The first-order valence-electron chi connectivity index (χ1n) is 4.47. The van der Waals surface area contributed by atoms with Crippen LogP contribution in [0.4, 0.5) is 13.2 Å². The summed E-state index contributed by atoms with van der Waals surface area (Å²) in [7, 11) is 0. The lowest BCUT2D eigenvalue weighted by molar-refractivity contribution is 0.0996. The van der Waals surface area contributed by atoms with Crippen LogP contribution < -0.4 is 5.73 Å². The van der Waals surface area contributed by atoms with E-state index in [0.29, 0.717) is 6.07 Å². The molecule has 0 spiro atoms. The summed E-state index contributed by atoms with van der Waals surface area (Å²) in [6.45, 7) is 0. The van der Waals surface area contributed by atoms with Crippen LogP contribution >= 0.6 is 15.9 Å². The van der Waals surface area contributed by atoms with Gasteiger partial charge in [-0.2, -0.15) is 15.4 Å². The summed E-state index contributed by atoms with van der Waals surface area (Å²) in [4.78, 5) is 11.0. The van der Waals surface area contributed by atoms with Gasteiger partial charge in [-0.05, 0) is 22.0 Å². The molecule has 0 fully saturated rings. The van der Waals surface area contributed by atoms with Gasteiger partial charge in [0.1, 0.15) is 11.5 Å². The lowest BCUT2D eigenvalue weighted by Crippen LogP contribution is -2.13. The van der Waals surface area contributed by atoms with Gasteiger partial charge in [0.05, 0.1) is 10.0 Å². The fraction of sp³-hybridized carbons (Fsp3) is 0. The van der Waals surface area contributed by atoms with Gasteiger partial charge in [-0.15, -0.1) is 0 Å². The van der Waals surface area contributed by atoms with E-state index in [1.165, 1.54) is 0 Å². The molecule has 1 heterocycles. The average Bonchev–Trinajstić information content (AvgIpc) is 2.75. The molecule has 0 unspecified atom stereocenters. The van der Waals surface area contributed by atoms with E-state index in [4.69, 9.17) is 5.73 Å². The number of primary amides is 1. The fourth-order valence-electron chi connectivity index (χ4n) is 1.36. The monoisotopic (exact) mass is 320 g/mol. The third-order valence-corrected chi connectivity index (χ3v) is 2.71. The second-order valence-corrected chi connectivity index (χ2v) is 4.08. The Balaban J connectivity index is 2.75. The minimum absolute atomic E-state index is 0.384. The smallest absolute Gasteiger partial charge is 0.271 e. The molecule has 0 saturated heterocycles. The van der Waals surface area contributed by atoms with Crippen molar-refractivity contribution in [1.29, 1.82) is 0 Å². The van der Waals surface area contributed by atoms with Crippen molar-refractivity contribution in [3.63, 3.8) is 0 Å². The van der Waals surface area contributed by atoms with Crippen LogP contribution in [0.1, 0.15) is 10.5 Å². The van der Waals surface area contributed by atoms with Crippen LogP contribution in [0.5, 0.6) is 0 Å². The Morgan fingerprint density at radius 1 is 1.28 bits per heavy atom. The first-order chi connectivity index (χ1) is 8.43. The zero-order chi connectivity index (χ0) is 13.4. The van der Waals surface area contributed by atoms with E-state index in [2.05, 4.69) is 26.1 Å². The maximum Gasteiger partial charge on any atom is 0.271 e. The number of amides is 1. The fourth-order valence-corrected chi connectivity index (χ4v) is 1.74. The van der Waals surface area contributed by atoms with Gasteiger partial charge in [0.2, 0.25) is 0 Å². The van der Waals surface area contributed by atoms with Crippen LogP contribution in [0.25, 0.3) is 11.3 Å². The number of hydrogen-bond acceptors (Lipinski definition) is 3. The minimum Gasteiger partial charge on any atom is -0.364 e. The molecule has 2 aromatic rings. The molecular formula is C9H4BrF3N4O. The predicted octanol–water partition coefficient (Wildman–Crippen LogP) is 1.75. The van der Waals surface area contributed by atoms with E-state index in [0.717, 1.165) is 0 Å². The number of rotatable bonds is 2. The number of H-pyrrole nitrogens is 1. The SMILES string of the molecule is NC(=O)c1n[nH]nc1-c1c(F)cc(Br)c(F)c1F. The number of hydrogen-bond donors (Lipinski definition) is 2. The van der Waals surface area contributed by atoms with Gasteiger partial charge < -0.3 is 5.73 Å². The van der Waals surface area contributed by atoms with E-state index < -0.39 is 40.3 Å². The van der Waals surface area contributed by atoms with Gasteiger partial charge in [-0.1, -0.05) is 0 Å². The zero-order valence-corrected chi connectivity index (χ0v) is 10.1. The van der Waals surface area contributed by atoms with Gasteiger partial charge in [-0.3, -0.25) is 4.79 Å². The number of carbonyl (C=O) groups excluding carboxylic acids is 1. The molecule has 0 aliphatic carbocycles. The number of nitrogens with one attached hydrogen (secondary N) is 1. The van der Waals surface area contributed by atoms with Crippen LogP contribution in [0.3, 0.4) is 0 Å². The molecule has 0 saturated carbocycles. The summed E-state index contributed by atoms with van der Waals surface area (Å²) < 4.78 is 40.2. The molecule has 1 aromatic carbocycles. The van der Waals surface area contributed by atoms with Gasteiger partial charge in [0.15, 0.2) is 17.3 Å². The average molecular weight is 321 g/mol. The third kappa shape index (κ3) is 1.86. The Morgan fingerprint density at radius 2 is 1.94 bits per heavy atom. The molecule has 0 aliphatic heterocycles. The zero-order valence-electron chi connectivity index (χ0n) is 8.47. The van der Waals surface area contributed by atoms with E-state index >= 15 is 0 Å². The van der Waals surface area contributed by atoms with Crippen molar-refractivity contribution in [2.45, 2.75) is 0 Å². The number of aromatic nitrogens is 3. The van der Waals surface area contributed by atoms with Gasteiger partial charge in [0.25, 0.3) is 5.91 Å². The number of nitrogens with two attached hydrogens (primary N) is 1. The first kappa shape index (κ1) is 12.6. The van der Waals surface area contributed by atoms with Crippen LogP contribution in [0, 0.1) is 17.5 Å². The van der Waals surface area contributed by atoms with Crippen molar-refractivity contribution >= 4 is 21.8 Å². The molecule has 5 nitrogen and oxygen atoms in total. The molecule has 1 amide bonds. The maximum atomic E-state index is 13.7. The molecule has 9 heteroatoms. The normalized spacial score (nSPS) is 10.7. The Hall–Kier alpha value is -1.90. The summed E-state index contributed by atoms with van der Waals surface area (Å²) in [6.07, 6.45) is 0. The van der Waals surface area contributed by atoms with Crippen molar-refractivity contribution in [3.8, 4) is 11.3 Å². The number of benzene rings is 1. The van der Waals surface area contributed by atoms with Crippen molar-refractivity contribution in [2.24, 2.45) is 5.73 Å².